The molecule has 0 N–H and O–H groups in total. The van der Waals surface area contributed by atoms with Gasteiger partial charge in [0.05, 0.1) is 11.9 Å². The van der Waals surface area contributed by atoms with E-state index in [2.05, 4.69) is 21.8 Å². The number of rotatable bonds is 2. The van der Waals surface area contributed by atoms with Gasteiger partial charge in [0.1, 0.15) is 6.07 Å². The Hall–Kier alpha value is -2.42. The number of aromatic nitrogens is 1. The molecule has 0 fully saturated rings. The van der Waals surface area contributed by atoms with E-state index in [1.165, 1.54) is 0 Å². The van der Waals surface area contributed by atoms with Crippen LogP contribution in [-0.2, 0) is 0 Å². The van der Waals surface area contributed by atoms with Gasteiger partial charge in [-0.2, -0.15) is 5.26 Å². The Morgan fingerprint density at radius 1 is 1.59 bits per heavy atom. The summed E-state index contributed by atoms with van der Waals surface area (Å²) in [7, 11) is 3.69. The van der Waals surface area contributed by atoms with E-state index in [4.69, 9.17) is 5.26 Å². The first-order valence-electron chi connectivity index (χ1n) is 4.92. The van der Waals surface area contributed by atoms with Crippen LogP contribution in [0, 0.1) is 18.3 Å². The van der Waals surface area contributed by atoms with Crippen molar-refractivity contribution in [2.75, 3.05) is 14.1 Å². The molecule has 0 aromatic carbocycles. The maximum Gasteiger partial charge on any atom is 0.267 e. The van der Waals surface area contributed by atoms with Crippen LogP contribution in [-0.4, -0.2) is 42.7 Å². The minimum absolute atomic E-state index is 0.238. The lowest BCUT2D eigenvalue weighted by Gasteiger charge is -2.02. The van der Waals surface area contributed by atoms with Crippen LogP contribution >= 0.6 is 0 Å². The highest BCUT2D eigenvalue weighted by molar-refractivity contribution is 5.90. The predicted molar refractivity (Wildman–Crippen MR) is 68.4 cm³/mol. The monoisotopic (exact) mass is 230 g/mol. The number of aryl methyl sites for hydroxylation is 1. The van der Waals surface area contributed by atoms with E-state index in [0.717, 1.165) is 5.69 Å². The van der Waals surface area contributed by atoms with Crippen LogP contribution in [0.5, 0.6) is 0 Å². The van der Waals surface area contributed by atoms with E-state index in [9.17, 15) is 0 Å². The molecule has 0 radical (unpaired) electrons. The van der Waals surface area contributed by atoms with E-state index in [-0.39, 0.29) is 5.96 Å². The number of nitriles is 1. The third kappa shape index (κ3) is 3.57. The fraction of sp³-hybridized carbons (Fsp3) is 0.273. The Labute approximate surface area is 100 Å². The van der Waals surface area contributed by atoms with E-state index < -0.39 is 0 Å². The molecule has 1 rings (SSSR count). The SMILES string of the molecule is C=NC(/N=C/N(C)C)=N\n1cc(C#N)cc1C. The molecule has 0 bridgehead atoms. The lowest BCUT2D eigenvalue weighted by atomic mass is 10.3. The fourth-order valence-corrected chi connectivity index (χ4v) is 1.09. The quantitative estimate of drug-likeness (QED) is 0.563. The van der Waals surface area contributed by atoms with Gasteiger partial charge in [0.25, 0.3) is 5.96 Å². The van der Waals surface area contributed by atoms with Crippen molar-refractivity contribution in [2.45, 2.75) is 6.92 Å². The number of guanidine groups is 1. The summed E-state index contributed by atoms with van der Waals surface area (Å²) in [5, 5.41) is 12.9. The maximum absolute atomic E-state index is 8.76. The Bertz CT molecular complexity index is 501. The number of aliphatic imine (C=N–C) groups is 2. The molecule has 88 valence electrons. The summed E-state index contributed by atoms with van der Waals surface area (Å²) in [6, 6.07) is 3.78. The van der Waals surface area contributed by atoms with Gasteiger partial charge in [0.15, 0.2) is 0 Å². The average molecular weight is 230 g/mol. The van der Waals surface area contributed by atoms with Crippen LogP contribution in [0.25, 0.3) is 0 Å². The van der Waals surface area contributed by atoms with Crippen LogP contribution < -0.4 is 0 Å². The Kier molecular flexibility index (Phi) is 4.17. The van der Waals surface area contributed by atoms with Gasteiger partial charge in [-0.3, -0.25) is 0 Å². The minimum atomic E-state index is 0.238. The summed E-state index contributed by atoms with van der Waals surface area (Å²) < 4.78 is 1.55. The molecular weight excluding hydrogens is 216 g/mol. The zero-order valence-electron chi connectivity index (χ0n) is 10.1. The second-order valence-corrected chi connectivity index (χ2v) is 3.59. The molecule has 0 unspecified atom stereocenters. The van der Waals surface area contributed by atoms with E-state index in [0.29, 0.717) is 5.56 Å². The molecule has 0 aliphatic heterocycles. The lowest BCUT2D eigenvalue weighted by Crippen LogP contribution is -2.09. The van der Waals surface area contributed by atoms with Crippen LogP contribution in [0.4, 0.5) is 0 Å². The van der Waals surface area contributed by atoms with Gasteiger partial charge in [-0.05, 0) is 19.7 Å². The van der Waals surface area contributed by atoms with Gasteiger partial charge < -0.3 is 4.90 Å². The molecule has 1 heterocycles. The molecule has 1 aromatic rings. The molecular formula is C11H14N6. The Morgan fingerprint density at radius 2 is 2.29 bits per heavy atom. The molecule has 0 saturated heterocycles. The number of hydrogen-bond donors (Lipinski definition) is 0. The van der Waals surface area contributed by atoms with Gasteiger partial charge in [0.2, 0.25) is 0 Å². The zero-order chi connectivity index (χ0) is 12.8. The van der Waals surface area contributed by atoms with Crippen molar-refractivity contribution in [1.29, 1.82) is 5.26 Å². The van der Waals surface area contributed by atoms with Crippen LogP contribution in [0.15, 0.2) is 27.3 Å². The molecule has 6 heteroatoms. The Balaban J connectivity index is 3.02. The largest absolute Gasteiger partial charge is 0.369 e. The highest BCUT2D eigenvalue weighted by Crippen LogP contribution is 2.06. The first kappa shape index (κ1) is 12.6. The van der Waals surface area contributed by atoms with Crippen molar-refractivity contribution in [2.24, 2.45) is 15.1 Å². The summed E-state index contributed by atoms with van der Waals surface area (Å²) in [5.41, 5.74) is 1.38. The van der Waals surface area contributed by atoms with Crippen molar-refractivity contribution in [1.82, 2.24) is 9.58 Å². The van der Waals surface area contributed by atoms with Crippen molar-refractivity contribution in [3.63, 3.8) is 0 Å². The zero-order valence-corrected chi connectivity index (χ0v) is 10.1. The number of hydrogen-bond acceptors (Lipinski definition) is 2. The van der Waals surface area contributed by atoms with E-state index >= 15 is 0 Å². The van der Waals surface area contributed by atoms with E-state index in [1.807, 2.05) is 27.1 Å². The topological polar surface area (TPSA) is 69.0 Å². The maximum atomic E-state index is 8.76. The van der Waals surface area contributed by atoms with Gasteiger partial charge >= 0.3 is 0 Å². The first-order chi connectivity index (χ1) is 8.06. The smallest absolute Gasteiger partial charge is 0.267 e. The summed E-state index contributed by atoms with van der Waals surface area (Å²) in [5.74, 6) is 0.238. The van der Waals surface area contributed by atoms with Crippen LogP contribution in [0.1, 0.15) is 11.3 Å². The fourth-order valence-electron chi connectivity index (χ4n) is 1.09. The predicted octanol–water partition coefficient (Wildman–Crippen LogP) is 1.08. The van der Waals surface area contributed by atoms with Gasteiger partial charge in [-0.1, -0.05) is 0 Å². The van der Waals surface area contributed by atoms with Gasteiger partial charge in [-0.15, -0.1) is 5.10 Å². The molecule has 6 nitrogen and oxygen atoms in total. The Morgan fingerprint density at radius 3 is 2.76 bits per heavy atom. The minimum Gasteiger partial charge on any atom is -0.369 e. The second kappa shape index (κ2) is 5.61. The third-order valence-corrected chi connectivity index (χ3v) is 1.86. The molecule has 0 atom stereocenters. The highest BCUT2D eigenvalue weighted by Gasteiger charge is 2.01. The van der Waals surface area contributed by atoms with Gasteiger partial charge in [0, 0.05) is 26.0 Å². The molecule has 17 heavy (non-hydrogen) atoms. The lowest BCUT2D eigenvalue weighted by molar-refractivity contribution is 0.643. The second-order valence-electron chi connectivity index (χ2n) is 3.59. The summed E-state index contributed by atoms with van der Waals surface area (Å²) >= 11 is 0. The highest BCUT2D eigenvalue weighted by atomic mass is 15.4. The molecule has 0 saturated carbocycles. The third-order valence-electron chi connectivity index (χ3n) is 1.86. The summed E-state index contributed by atoms with van der Waals surface area (Å²) in [4.78, 5) is 9.50. The van der Waals surface area contributed by atoms with Crippen molar-refractivity contribution in [3.05, 3.63) is 23.5 Å². The summed E-state index contributed by atoms with van der Waals surface area (Å²) in [6.07, 6.45) is 3.20. The van der Waals surface area contributed by atoms with Crippen molar-refractivity contribution < 1.29 is 0 Å². The standard InChI is InChI=1S/C11H14N6/c1-9-5-10(6-12)7-17(9)15-11(13-2)14-8-16(3)4/h5,7-8H,2H2,1,3-4H3/b14-8+,15-11+. The average Bonchev–Trinajstić information content (AvgIpc) is 2.65. The van der Waals surface area contributed by atoms with Crippen molar-refractivity contribution >= 4 is 19.0 Å². The normalized spacial score (nSPS) is 11.5. The van der Waals surface area contributed by atoms with Crippen LogP contribution in [0.3, 0.4) is 0 Å². The number of nitrogens with zero attached hydrogens (tertiary/aromatic N) is 6. The summed E-state index contributed by atoms with van der Waals surface area (Å²) in [6.45, 7) is 5.25. The van der Waals surface area contributed by atoms with Gasteiger partial charge in [-0.25, -0.2) is 14.7 Å². The van der Waals surface area contributed by atoms with Crippen LogP contribution in [0.2, 0.25) is 0 Å². The molecule has 0 aliphatic rings. The molecule has 1 aromatic heterocycles. The molecule has 0 spiro atoms. The van der Waals surface area contributed by atoms with Crippen molar-refractivity contribution in [3.8, 4) is 6.07 Å². The molecule has 0 aliphatic carbocycles. The van der Waals surface area contributed by atoms with E-state index in [1.54, 1.807) is 28.2 Å². The molecule has 0 amide bonds. The first-order valence-corrected chi connectivity index (χ1v) is 4.92.